The smallest absolute Gasteiger partial charge is 0.235 e. The lowest BCUT2D eigenvalue weighted by molar-refractivity contribution is 1.01. The van der Waals surface area contributed by atoms with E-state index in [-0.39, 0.29) is 0 Å². The van der Waals surface area contributed by atoms with Crippen LogP contribution in [0.3, 0.4) is 0 Å². The molecule has 0 unspecified atom stereocenters. The van der Waals surface area contributed by atoms with Gasteiger partial charge in [0.1, 0.15) is 0 Å². The molecule has 9 aromatic heterocycles. The Morgan fingerprint density at radius 1 is 0.140 bits per heavy atom. The van der Waals surface area contributed by atoms with Gasteiger partial charge in [0.05, 0.1) is 66.7 Å². The number of benzene rings is 23. The van der Waals surface area contributed by atoms with Gasteiger partial charge in [0.2, 0.25) is 17.8 Å². The van der Waals surface area contributed by atoms with Crippen LogP contribution in [0, 0.1) is 0 Å². The molecule has 0 aliphatic heterocycles. The molecule has 0 radical (unpaired) electrons. The van der Waals surface area contributed by atoms with E-state index in [1.54, 1.807) is 0 Å². The van der Waals surface area contributed by atoms with Crippen molar-refractivity contribution >= 4 is 225 Å². The van der Waals surface area contributed by atoms with Crippen LogP contribution in [0.5, 0.6) is 0 Å². The summed E-state index contributed by atoms with van der Waals surface area (Å²) in [5, 5.41) is 25.5. The van der Waals surface area contributed by atoms with E-state index in [2.05, 4.69) is 511 Å². The molecule has 9 nitrogen and oxygen atoms in total. The first-order valence-electron chi connectivity index (χ1n) is 50.7. The third-order valence-electron chi connectivity index (χ3n) is 30.1. The number of hydrogen-bond donors (Lipinski definition) is 0. The van der Waals surface area contributed by atoms with Crippen molar-refractivity contribution in [1.29, 1.82) is 0 Å². The molecular formula is C138H83N9S3. The van der Waals surface area contributed by atoms with E-state index in [1.807, 2.05) is 40.1 Å². The molecule has 0 N–H and O–H groups in total. The quantitative estimate of drug-likeness (QED) is 0.128. The molecule has 0 fully saturated rings. The highest BCUT2D eigenvalue weighted by Crippen LogP contribution is 2.52. The molecule has 0 aliphatic rings. The average molecular weight is 1960 g/mol. The van der Waals surface area contributed by atoms with Gasteiger partial charge in [-0.1, -0.05) is 419 Å². The summed E-state index contributed by atoms with van der Waals surface area (Å²) >= 11 is 5.60. The first-order valence-corrected chi connectivity index (χ1v) is 53.1. The van der Waals surface area contributed by atoms with Crippen molar-refractivity contribution in [3.8, 4) is 107 Å². The van der Waals surface area contributed by atoms with E-state index in [9.17, 15) is 0 Å². The van der Waals surface area contributed by atoms with E-state index in [1.165, 1.54) is 181 Å². The standard InChI is InChI=1S/2C48H29N3S.C42H25N3S/c1-2-13-30(14-3-1)31-25-27-32(28-26-31)46-38-18-6-9-22-41(38)49-48(50-46)51-42-23-10-7-19-39(42)45-35-17-5-4-15-33(35)40(29-43(45)51)37-21-12-20-36-34-16-8-11-24-44(34)52-47(36)37;1-2-12-30(13-3-1)31-22-24-32(25-23-31)47-37-17-6-9-19-41(37)49-48(50-47)51-42-20-10-7-18-38(42)46-36-16-5-4-14-34(36)39(29-43(46)51)33-26-27-45-40(28-33)35-15-8-11-21-44(35)52-45;1-2-13-26(14-3-1)40-32-18-6-9-22-35(32)43-42(44-40)45-36-23-10-7-19-33(36)39-29-17-5-4-15-27(29)34(25-37(39)45)31-21-12-20-30-28-16-8-11-24-38(28)46-41(30)31/h2*1-29H;1-25H. The summed E-state index contributed by atoms with van der Waals surface area (Å²) in [6.45, 7) is 0. The van der Waals surface area contributed by atoms with Crippen LogP contribution in [0.25, 0.3) is 298 Å². The third-order valence-corrected chi connectivity index (χ3v) is 33.7. The van der Waals surface area contributed by atoms with E-state index < -0.39 is 0 Å². The Morgan fingerprint density at radius 3 is 0.787 bits per heavy atom. The highest BCUT2D eigenvalue weighted by atomic mass is 32.1. The number of nitrogens with zero attached hydrogens (tertiary/aromatic N) is 9. The molecule has 9 heterocycles. The molecular weight excluding hydrogens is 1880 g/mol. The zero-order chi connectivity index (χ0) is 98.5. The highest BCUT2D eigenvalue weighted by molar-refractivity contribution is 7.27. The van der Waals surface area contributed by atoms with Gasteiger partial charge in [-0.3, -0.25) is 13.7 Å². The molecule has 0 spiro atoms. The fourth-order valence-electron chi connectivity index (χ4n) is 23.3. The Morgan fingerprint density at radius 2 is 0.400 bits per heavy atom. The lowest BCUT2D eigenvalue weighted by Gasteiger charge is -2.14. The maximum Gasteiger partial charge on any atom is 0.235 e. The Hall–Kier alpha value is -19.1. The molecule has 0 saturated carbocycles. The molecule has 150 heavy (non-hydrogen) atoms. The fourth-order valence-corrected chi connectivity index (χ4v) is 26.8. The largest absolute Gasteiger partial charge is 0.278 e. The molecule has 23 aromatic carbocycles. The van der Waals surface area contributed by atoms with Gasteiger partial charge in [-0.2, -0.15) is 0 Å². The van der Waals surface area contributed by atoms with Crippen LogP contribution in [0.4, 0.5) is 0 Å². The second-order valence-corrected chi connectivity index (χ2v) is 41.6. The minimum Gasteiger partial charge on any atom is -0.278 e. The van der Waals surface area contributed by atoms with Crippen LogP contribution in [0.2, 0.25) is 0 Å². The van der Waals surface area contributed by atoms with E-state index >= 15 is 0 Å². The van der Waals surface area contributed by atoms with E-state index in [4.69, 9.17) is 29.9 Å². The van der Waals surface area contributed by atoms with Gasteiger partial charge in [-0.25, -0.2) is 29.9 Å². The van der Waals surface area contributed by atoms with Crippen LogP contribution in [-0.4, -0.2) is 43.6 Å². The average Bonchev–Trinajstić information content (AvgIpc) is 1.56. The Bertz CT molecular complexity index is 11100. The normalized spacial score (nSPS) is 11.9. The predicted molar refractivity (Wildman–Crippen MR) is 636 cm³/mol. The van der Waals surface area contributed by atoms with Crippen molar-refractivity contribution in [2.24, 2.45) is 0 Å². The van der Waals surface area contributed by atoms with Crippen LogP contribution in [-0.2, 0) is 0 Å². The number of thiophene rings is 3. The Kier molecular flexibility index (Phi) is 20.4. The summed E-state index contributed by atoms with van der Waals surface area (Å²) in [6.07, 6.45) is 0. The SMILES string of the molecule is c1ccc(-c2ccc(-c3nc(-n4c5ccccc5c5c6ccccc6c(-c6ccc7sc8ccccc8c7c6)cc54)nc4ccccc34)cc2)cc1.c1ccc(-c2ccc(-c3nc(-n4c5ccccc5c5c6ccccc6c(-c6cccc7c6sc6ccccc67)cc54)nc4ccccc34)cc2)cc1.c1ccc(-c2nc(-n3c4ccccc4c4c5ccccc5c(-c5cccc6c5sc5ccccc56)cc43)nc3ccccc23)cc1. The molecule has 32 rings (SSSR count). The second kappa shape index (κ2) is 35.4. The highest BCUT2D eigenvalue weighted by Gasteiger charge is 2.29. The Labute approximate surface area is 872 Å². The van der Waals surface area contributed by atoms with Gasteiger partial charge in [0.15, 0.2) is 0 Å². The topological polar surface area (TPSA) is 92.1 Å². The first kappa shape index (κ1) is 86.4. The molecule has 0 atom stereocenters. The lowest BCUT2D eigenvalue weighted by Crippen LogP contribution is -2.03. The van der Waals surface area contributed by atoms with Gasteiger partial charge >= 0.3 is 0 Å². The minimum absolute atomic E-state index is 0.660. The van der Waals surface area contributed by atoms with Crippen LogP contribution in [0.15, 0.2) is 504 Å². The van der Waals surface area contributed by atoms with Gasteiger partial charge in [0, 0.05) is 137 Å². The van der Waals surface area contributed by atoms with Gasteiger partial charge < -0.3 is 0 Å². The monoisotopic (exact) mass is 1960 g/mol. The zero-order valence-corrected chi connectivity index (χ0v) is 83.1. The second-order valence-electron chi connectivity index (χ2n) is 38.4. The van der Waals surface area contributed by atoms with Crippen molar-refractivity contribution in [2.45, 2.75) is 0 Å². The van der Waals surface area contributed by atoms with Crippen molar-refractivity contribution in [3.63, 3.8) is 0 Å². The van der Waals surface area contributed by atoms with E-state index in [0.717, 1.165) is 99.6 Å². The summed E-state index contributed by atoms with van der Waals surface area (Å²) in [6, 6.07) is 180. The third kappa shape index (κ3) is 14.2. The zero-order valence-electron chi connectivity index (χ0n) is 80.7. The van der Waals surface area contributed by atoms with Gasteiger partial charge in [-0.15, -0.1) is 34.0 Å². The number of fused-ring (bicyclic) bond motifs is 27. The molecule has 12 heteroatoms. The summed E-state index contributed by atoms with van der Waals surface area (Å²) in [7, 11) is 0. The van der Waals surface area contributed by atoms with Crippen LogP contribution >= 0.6 is 34.0 Å². The van der Waals surface area contributed by atoms with Crippen molar-refractivity contribution in [3.05, 3.63) is 504 Å². The van der Waals surface area contributed by atoms with E-state index in [0.29, 0.717) is 17.8 Å². The molecule has 0 aliphatic carbocycles. The van der Waals surface area contributed by atoms with Crippen LogP contribution < -0.4 is 0 Å². The van der Waals surface area contributed by atoms with Crippen molar-refractivity contribution < 1.29 is 0 Å². The molecule has 698 valence electrons. The molecule has 32 aromatic rings. The molecule has 0 amide bonds. The molecule has 0 saturated heterocycles. The van der Waals surface area contributed by atoms with Gasteiger partial charge in [-0.05, 0) is 162 Å². The van der Waals surface area contributed by atoms with Crippen LogP contribution in [0.1, 0.15) is 0 Å². The first-order chi connectivity index (χ1) is 74.4. The number of hydrogen-bond acceptors (Lipinski definition) is 9. The summed E-state index contributed by atoms with van der Waals surface area (Å²) in [5.41, 5.74) is 27.3. The maximum absolute atomic E-state index is 5.43. The minimum atomic E-state index is 0.660. The van der Waals surface area contributed by atoms with Gasteiger partial charge in [0.25, 0.3) is 0 Å². The fraction of sp³-hybridized carbons (Fsp3) is 0. The summed E-state index contributed by atoms with van der Waals surface area (Å²) in [5.74, 6) is 1.99. The predicted octanol–water partition coefficient (Wildman–Crippen LogP) is 38.1. The summed E-state index contributed by atoms with van der Waals surface area (Å²) in [4.78, 5) is 32.0. The summed E-state index contributed by atoms with van der Waals surface area (Å²) < 4.78 is 14.7. The number of para-hydroxylation sites is 6. The maximum atomic E-state index is 5.43. The van der Waals surface area contributed by atoms with Crippen molar-refractivity contribution in [2.75, 3.05) is 0 Å². The van der Waals surface area contributed by atoms with Crippen molar-refractivity contribution in [1.82, 2.24) is 43.6 Å². The number of aromatic nitrogens is 9. The number of rotatable bonds is 11. The Balaban J connectivity index is 0.000000104. The molecule has 0 bridgehead atoms. The lowest BCUT2D eigenvalue weighted by atomic mass is 9.94.